The summed E-state index contributed by atoms with van der Waals surface area (Å²) in [4.78, 5) is 50.9. The third-order valence-corrected chi connectivity index (χ3v) is 6.61. The van der Waals surface area contributed by atoms with Crippen molar-refractivity contribution in [2.45, 2.75) is 44.8 Å². The molecular weight excluding hydrogens is 420 g/mol. The van der Waals surface area contributed by atoms with Gasteiger partial charge in [-0.2, -0.15) is 0 Å². The van der Waals surface area contributed by atoms with E-state index >= 15 is 0 Å². The zero-order chi connectivity index (χ0) is 22.9. The monoisotopic (exact) mass is 446 g/mol. The lowest BCUT2D eigenvalue weighted by Crippen LogP contribution is -2.54. The van der Waals surface area contributed by atoms with Gasteiger partial charge < -0.3 is 10.6 Å². The highest BCUT2D eigenvalue weighted by Gasteiger charge is 2.45. The molecule has 170 valence electrons. The molecule has 0 bridgehead atoms. The highest BCUT2D eigenvalue weighted by atomic mass is 16.2. The molecule has 8 nitrogen and oxygen atoms in total. The lowest BCUT2D eigenvalue weighted by molar-refractivity contribution is -0.136. The van der Waals surface area contributed by atoms with Crippen LogP contribution in [0.15, 0.2) is 36.4 Å². The van der Waals surface area contributed by atoms with Crippen LogP contribution in [0.2, 0.25) is 0 Å². The molecule has 4 amide bonds. The van der Waals surface area contributed by atoms with Crippen LogP contribution in [0, 0.1) is 0 Å². The molecule has 33 heavy (non-hydrogen) atoms. The van der Waals surface area contributed by atoms with Gasteiger partial charge in [-0.3, -0.25) is 29.4 Å². The molecule has 0 aliphatic carbocycles. The maximum absolute atomic E-state index is 13.2. The van der Waals surface area contributed by atoms with Crippen LogP contribution in [0.25, 0.3) is 0 Å². The Labute approximate surface area is 191 Å². The summed E-state index contributed by atoms with van der Waals surface area (Å²) in [6.45, 7) is 3.06. The van der Waals surface area contributed by atoms with Crippen molar-refractivity contribution in [3.63, 3.8) is 0 Å². The SMILES string of the molecule is O=C1CCC(N2C(=O)c3cccc(CNCc4ccc5c(c4)CCNCC5)c3C2=O)C(=O)N1. The molecule has 0 aromatic heterocycles. The molecule has 0 spiro atoms. The summed E-state index contributed by atoms with van der Waals surface area (Å²) in [7, 11) is 0. The van der Waals surface area contributed by atoms with E-state index < -0.39 is 23.8 Å². The summed E-state index contributed by atoms with van der Waals surface area (Å²) in [5, 5.41) is 9.04. The van der Waals surface area contributed by atoms with E-state index in [1.54, 1.807) is 12.1 Å². The molecule has 1 unspecified atom stereocenters. The third-order valence-electron chi connectivity index (χ3n) is 6.61. The number of nitrogens with zero attached hydrogens (tertiary/aromatic N) is 1. The first-order chi connectivity index (χ1) is 16.0. The second-order valence-electron chi connectivity index (χ2n) is 8.74. The lowest BCUT2D eigenvalue weighted by atomic mass is 10.00. The number of nitrogens with one attached hydrogen (secondary N) is 3. The van der Waals surface area contributed by atoms with Crippen molar-refractivity contribution in [1.29, 1.82) is 0 Å². The van der Waals surface area contributed by atoms with Crippen LogP contribution in [-0.2, 0) is 35.5 Å². The van der Waals surface area contributed by atoms with Crippen molar-refractivity contribution in [2.75, 3.05) is 13.1 Å². The second kappa shape index (κ2) is 8.88. The van der Waals surface area contributed by atoms with Crippen molar-refractivity contribution in [3.05, 3.63) is 69.8 Å². The molecule has 5 rings (SSSR count). The third kappa shape index (κ3) is 4.07. The quantitative estimate of drug-likeness (QED) is 0.593. The normalized spacial score (nSPS) is 20.4. The van der Waals surface area contributed by atoms with E-state index in [0.29, 0.717) is 24.2 Å². The molecule has 2 aromatic rings. The van der Waals surface area contributed by atoms with E-state index in [1.165, 1.54) is 16.7 Å². The first-order valence-corrected chi connectivity index (χ1v) is 11.4. The molecule has 1 atom stereocenters. The fourth-order valence-electron chi connectivity index (χ4n) is 4.91. The first kappa shape index (κ1) is 21.5. The number of benzene rings is 2. The van der Waals surface area contributed by atoms with E-state index in [2.05, 4.69) is 34.1 Å². The topological polar surface area (TPSA) is 108 Å². The average Bonchev–Trinajstić information content (AvgIpc) is 2.95. The van der Waals surface area contributed by atoms with Crippen molar-refractivity contribution >= 4 is 23.6 Å². The van der Waals surface area contributed by atoms with Crippen molar-refractivity contribution in [3.8, 4) is 0 Å². The van der Waals surface area contributed by atoms with Crippen molar-refractivity contribution in [1.82, 2.24) is 20.9 Å². The number of carbonyl (C=O) groups is 4. The summed E-state index contributed by atoms with van der Waals surface area (Å²) in [6.07, 6.45) is 2.31. The van der Waals surface area contributed by atoms with E-state index in [4.69, 9.17) is 0 Å². The largest absolute Gasteiger partial charge is 0.316 e. The predicted molar refractivity (Wildman–Crippen MR) is 120 cm³/mol. The van der Waals surface area contributed by atoms with Crippen LogP contribution in [0.4, 0.5) is 0 Å². The van der Waals surface area contributed by atoms with Gasteiger partial charge in [0.2, 0.25) is 11.8 Å². The Morgan fingerprint density at radius 2 is 1.73 bits per heavy atom. The van der Waals surface area contributed by atoms with Crippen LogP contribution < -0.4 is 16.0 Å². The molecule has 1 fully saturated rings. The maximum Gasteiger partial charge on any atom is 0.262 e. The van der Waals surface area contributed by atoms with Crippen molar-refractivity contribution < 1.29 is 19.2 Å². The predicted octanol–water partition coefficient (Wildman–Crippen LogP) is 1.07. The van der Waals surface area contributed by atoms with Gasteiger partial charge in [0.05, 0.1) is 11.1 Å². The van der Waals surface area contributed by atoms with Crippen LogP contribution in [0.3, 0.4) is 0 Å². The molecule has 8 heteroatoms. The maximum atomic E-state index is 13.2. The average molecular weight is 447 g/mol. The van der Waals surface area contributed by atoms with Crippen LogP contribution in [0.1, 0.15) is 55.8 Å². The number of carbonyl (C=O) groups excluding carboxylic acids is 4. The minimum Gasteiger partial charge on any atom is -0.316 e. The Morgan fingerprint density at radius 3 is 2.55 bits per heavy atom. The fourth-order valence-corrected chi connectivity index (χ4v) is 4.91. The first-order valence-electron chi connectivity index (χ1n) is 11.4. The minimum atomic E-state index is -0.954. The van der Waals surface area contributed by atoms with Gasteiger partial charge in [0.25, 0.3) is 11.8 Å². The molecule has 3 aliphatic heterocycles. The number of hydrogen-bond donors (Lipinski definition) is 3. The summed E-state index contributed by atoms with van der Waals surface area (Å²) < 4.78 is 0. The van der Waals surface area contributed by atoms with E-state index in [-0.39, 0.29) is 18.7 Å². The van der Waals surface area contributed by atoms with Gasteiger partial charge in [0, 0.05) is 19.5 Å². The molecular formula is C25H26N4O4. The lowest BCUT2D eigenvalue weighted by Gasteiger charge is -2.27. The number of rotatable bonds is 5. The van der Waals surface area contributed by atoms with Crippen molar-refractivity contribution in [2.24, 2.45) is 0 Å². The molecule has 1 saturated heterocycles. The highest BCUT2D eigenvalue weighted by molar-refractivity contribution is 6.24. The van der Waals surface area contributed by atoms with Gasteiger partial charge in [-0.25, -0.2) is 0 Å². The fraction of sp³-hybridized carbons (Fsp3) is 0.360. The van der Waals surface area contributed by atoms with E-state index in [1.807, 2.05) is 6.07 Å². The van der Waals surface area contributed by atoms with Gasteiger partial charge in [-0.1, -0.05) is 30.3 Å². The van der Waals surface area contributed by atoms with Crippen LogP contribution in [0.5, 0.6) is 0 Å². The summed E-state index contributed by atoms with van der Waals surface area (Å²) >= 11 is 0. The Morgan fingerprint density at radius 1 is 0.909 bits per heavy atom. The van der Waals surface area contributed by atoms with Gasteiger partial charge in [0.15, 0.2) is 0 Å². The van der Waals surface area contributed by atoms with Gasteiger partial charge >= 0.3 is 0 Å². The highest BCUT2D eigenvalue weighted by Crippen LogP contribution is 2.30. The Kier molecular flexibility index (Phi) is 5.78. The smallest absolute Gasteiger partial charge is 0.262 e. The molecule has 0 saturated carbocycles. The van der Waals surface area contributed by atoms with Gasteiger partial charge in [-0.15, -0.1) is 0 Å². The molecule has 2 aromatic carbocycles. The van der Waals surface area contributed by atoms with E-state index in [0.717, 1.165) is 36.4 Å². The Bertz CT molecular complexity index is 1160. The standard InChI is InChI=1S/C25H26N4O4/c30-21-7-6-20(23(31)28-21)29-24(32)19-3-1-2-18(22(19)25(29)33)14-27-13-15-4-5-16-8-10-26-11-9-17(16)12-15/h1-5,12,20,26-27H,6-11,13-14H2,(H,28,30,31). The summed E-state index contributed by atoms with van der Waals surface area (Å²) in [6, 6.07) is 10.8. The van der Waals surface area contributed by atoms with Gasteiger partial charge in [0.1, 0.15) is 6.04 Å². The van der Waals surface area contributed by atoms with Gasteiger partial charge in [-0.05, 0) is 60.7 Å². The zero-order valence-corrected chi connectivity index (χ0v) is 18.3. The molecule has 3 aliphatic rings. The number of amides is 4. The number of imide groups is 2. The Hall–Kier alpha value is -3.36. The minimum absolute atomic E-state index is 0.106. The van der Waals surface area contributed by atoms with Crippen LogP contribution >= 0.6 is 0 Å². The molecule has 3 N–H and O–H groups in total. The molecule has 0 radical (unpaired) electrons. The van der Waals surface area contributed by atoms with E-state index in [9.17, 15) is 19.2 Å². The zero-order valence-electron chi connectivity index (χ0n) is 18.3. The number of hydrogen-bond acceptors (Lipinski definition) is 6. The summed E-state index contributed by atoms with van der Waals surface area (Å²) in [5.41, 5.74) is 5.31. The van der Waals surface area contributed by atoms with Crippen LogP contribution in [-0.4, -0.2) is 47.7 Å². The summed E-state index contributed by atoms with van der Waals surface area (Å²) in [5.74, 6) is -1.93. The second-order valence-corrected chi connectivity index (χ2v) is 8.74. The number of fused-ring (bicyclic) bond motifs is 2. The number of piperidine rings is 1. The Balaban J connectivity index is 1.30. The molecule has 3 heterocycles.